The number of carboxylic acid groups (broad SMARTS) is 1. The predicted octanol–water partition coefficient (Wildman–Crippen LogP) is 6.29. The Morgan fingerprint density at radius 1 is 0.691 bits per heavy atom. The topological polar surface area (TPSA) is 236 Å². The summed E-state index contributed by atoms with van der Waals surface area (Å²) >= 11 is 0. The normalized spacial score (nSPS) is 13.5. The molecule has 0 aliphatic carbocycles. The molecule has 8 N–H and O–H groups in total. The Kier molecular flexibility index (Phi) is 28.6. The van der Waals surface area contributed by atoms with Crippen molar-refractivity contribution in [3.63, 3.8) is 0 Å². The maximum atomic E-state index is 13.6. The summed E-state index contributed by atoms with van der Waals surface area (Å²) in [7, 11) is 0. The third-order valence-corrected chi connectivity index (χ3v) is 10.5. The third kappa shape index (κ3) is 25.4. The van der Waals surface area contributed by atoms with Gasteiger partial charge in [0, 0.05) is 68.8 Å². The van der Waals surface area contributed by atoms with Gasteiger partial charge in [-0.25, -0.2) is 4.98 Å². The van der Waals surface area contributed by atoms with E-state index in [1.165, 1.54) is 57.7 Å². The lowest BCUT2D eigenvalue weighted by atomic mass is 9.81. The van der Waals surface area contributed by atoms with Crippen molar-refractivity contribution >= 4 is 35.1 Å². The minimum Gasteiger partial charge on any atom is -0.481 e. The van der Waals surface area contributed by atoms with Gasteiger partial charge in [0.25, 0.3) is 0 Å². The average molecular weight is 776 g/mol. The first-order valence-electron chi connectivity index (χ1n) is 21.2. The Hall–Kier alpha value is -3.45. The van der Waals surface area contributed by atoms with Crippen LogP contribution < -0.4 is 16.8 Å². The molecule has 4 atom stereocenters. The molecule has 314 valence electrons. The highest BCUT2D eigenvalue weighted by atomic mass is 16.4. The lowest BCUT2D eigenvalue weighted by Gasteiger charge is -2.22. The Morgan fingerprint density at radius 2 is 1.18 bits per heavy atom. The molecule has 1 aromatic rings. The minimum atomic E-state index is -1.03. The first kappa shape index (κ1) is 49.6. The molecule has 0 unspecified atom stereocenters. The van der Waals surface area contributed by atoms with Gasteiger partial charge in [0.05, 0.1) is 24.9 Å². The Balaban J connectivity index is 2.41. The van der Waals surface area contributed by atoms with Crippen LogP contribution in [0.1, 0.15) is 173 Å². The second kappa shape index (κ2) is 31.7. The number of amides is 2. The van der Waals surface area contributed by atoms with E-state index in [2.05, 4.69) is 15.3 Å². The number of carbonyl (C=O) groups excluding carboxylic acids is 5. The number of ketones is 3. The fraction of sp³-hybridized carbons (Fsp3) is 0.786. The molecule has 1 aromatic heterocycles. The zero-order valence-corrected chi connectivity index (χ0v) is 33.7. The number of unbranched alkanes of at least 4 members (excludes halogenated alkanes) is 15. The molecule has 0 aromatic carbocycles. The maximum absolute atomic E-state index is 13.6. The number of carbonyl (C=O) groups is 6. The van der Waals surface area contributed by atoms with E-state index in [4.69, 9.17) is 16.6 Å². The summed E-state index contributed by atoms with van der Waals surface area (Å²) in [6, 6.07) is -0.788. The van der Waals surface area contributed by atoms with E-state index in [-0.39, 0.29) is 55.4 Å². The largest absolute Gasteiger partial charge is 0.481 e. The minimum absolute atomic E-state index is 0.00565. The van der Waals surface area contributed by atoms with Gasteiger partial charge >= 0.3 is 5.97 Å². The molecule has 13 heteroatoms. The van der Waals surface area contributed by atoms with E-state index >= 15 is 0 Å². The van der Waals surface area contributed by atoms with Gasteiger partial charge in [-0.05, 0) is 32.1 Å². The van der Waals surface area contributed by atoms with Crippen LogP contribution in [0.4, 0.5) is 0 Å². The smallest absolute Gasteiger partial charge is 0.303 e. The number of aliphatic hydroxyl groups is 1. The molecule has 1 heterocycles. The van der Waals surface area contributed by atoms with Crippen molar-refractivity contribution < 1.29 is 39.0 Å². The highest BCUT2D eigenvalue weighted by Crippen LogP contribution is 2.25. The van der Waals surface area contributed by atoms with Crippen molar-refractivity contribution in [2.24, 2.45) is 29.2 Å². The summed E-state index contributed by atoms with van der Waals surface area (Å²) in [6.07, 6.45) is 23.2. The summed E-state index contributed by atoms with van der Waals surface area (Å²) in [5.41, 5.74) is 12.3. The van der Waals surface area contributed by atoms with Gasteiger partial charge in [0.2, 0.25) is 11.8 Å². The first-order chi connectivity index (χ1) is 26.5. The lowest BCUT2D eigenvalue weighted by molar-refractivity contribution is -0.137. The second-order valence-electron chi connectivity index (χ2n) is 15.4. The molecule has 0 radical (unpaired) electrons. The number of hydrogen-bond acceptors (Lipinski definition) is 9. The standard InChI is InChI=1S/C42H73N5O8/c1-2-3-20-32(26-39(51)36(43)28-35-29-45-31-47-35)37(49)25-33(38(50)27-34(30-48)42(44)55)21-18-19-24-46-40(52)22-16-14-12-10-8-6-4-5-7-9-11-13-15-17-23-41(53)54/h29,31-34,36,48H,2-28,30,43H2,1H3,(H2,44,55)(H,45,47)(H,46,52)(H,53,54)/t32-,33-,34+,36+/m1/s1. The van der Waals surface area contributed by atoms with Crippen molar-refractivity contribution in [3.05, 3.63) is 18.2 Å². The number of aliphatic hydroxyl groups excluding tert-OH is 1. The number of nitrogens with two attached hydrogens (primary N) is 2. The number of nitrogens with one attached hydrogen (secondary N) is 2. The number of rotatable bonds is 38. The predicted molar refractivity (Wildman–Crippen MR) is 214 cm³/mol. The van der Waals surface area contributed by atoms with Crippen molar-refractivity contribution in [2.75, 3.05) is 13.2 Å². The summed E-state index contributed by atoms with van der Waals surface area (Å²) in [5, 5.41) is 21.2. The fourth-order valence-electron chi connectivity index (χ4n) is 6.93. The van der Waals surface area contributed by atoms with Gasteiger partial charge < -0.3 is 32.0 Å². The number of imidazole rings is 1. The number of aromatic amines is 1. The Morgan fingerprint density at radius 3 is 1.65 bits per heavy atom. The van der Waals surface area contributed by atoms with E-state index in [0.717, 1.165) is 57.1 Å². The van der Waals surface area contributed by atoms with Gasteiger partial charge in [0.1, 0.15) is 11.6 Å². The molecular weight excluding hydrogens is 702 g/mol. The molecule has 0 spiro atoms. The van der Waals surface area contributed by atoms with Crippen LogP contribution in [0.3, 0.4) is 0 Å². The monoisotopic (exact) mass is 776 g/mol. The average Bonchev–Trinajstić information content (AvgIpc) is 3.67. The molecule has 1 rings (SSSR count). The van der Waals surface area contributed by atoms with Gasteiger partial charge in [-0.1, -0.05) is 103 Å². The number of carboxylic acids is 1. The van der Waals surface area contributed by atoms with Gasteiger partial charge in [-0.15, -0.1) is 0 Å². The third-order valence-electron chi connectivity index (χ3n) is 10.5. The van der Waals surface area contributed by atoms with Crippen LogP contribution in [-0.4, -0.2) is 74.5 Å². The molecule has 0 saturated carbocycles. The number of H-pyrrole nitrogens is 1. The molecule has 2 amide bonds. The van der Waals surface area contributed by atoms with Crippen molar-refractivity contribution in [2.45, 2.75) is 180 Å². The zero-order chi connectivity index (χ0) is 40.7. The summed E-state index contributed by atoms with van der Waals surface area (Å²) in [4.78, 5) is 81.6. The van der Waals surface area contributed by atoms with E-state index in [1.807, 2.05) is 6.92 Å². The number of aromatic nitrogens is 2. The number of Topliss-reactive ketones (excluding diaryl/α,β-unsaturated/α-hetero) is 3. The van der Waals surface area contributed by atoms with Crippen molar-refractivity contribution in [3.8, 4) is 0 Å². The van der Waals surface area contributed by atoms with Gasteiger partial charge in [0.15, 0.2) is 5.78 Å². The van der Waals surface area contributed by atoms with Gasteiger partial charge in [-0.2, -0.15) is 0 Å². The molecule has 0 saturated heterocycles. The van der Waals surface area contributed by atoms with Crippen LogP contribution in [0.2, 0.25) is 0 Å². The molecule has 0 aliphatic rings. The van der Waals surface area contributed by atoms with Crippen molar-refractivity contribution in [1.29, 1.82) is 0 Å². The molecule has 0 fully saturated rings. The first-order valence-corrected chi connectivity index (χ1v) is 21.2. The highest BCUT2D eigenvalue weighted by molar-refractivity contribution is 5.94. The summed E-state index contributed by atoms with van der Waals surface area (Å²) in [5.74, 6) is -4.49. The van der Waals surface area contributed by atoms with Crippen LogP contribution in [-0.2, 0) is 35.2 Å². The zero-order valence-electron chi connectivity index (χ0n) is 33.7. The number of aliphatic carboxylic acids is 1. The molecule has 0 bridgehead atoms. The summed E-state index contributed by atoms with van der Waals surface area (Å²) < 4.78 is 0. The van der Waals surface area contributed by atoms with Crippen LogP contribution in [0.5, 0.6) is 0 Å². The number of primary amides is 1. The van der Waals surface area contributed by atoms with Crippen LogP contribution in [0, 0.1) is 17.8 Å². The molecular formula is C42H73N5O8. The quantitative estimate of drug-likeness (QED) is 0.0411. The number of nitrogens with zero attached hydrogens (tertiary/aromatic N) is 1. The lowest BCUT2D eigenvalue weighted by Crippen LogP contribution is -2.36. The fourth-order valence-corrected chi connectivity index (χ4v) is 6.93. The maximum Gasteiger partial charge on any atom is 0.303 e. The molecule has 0 aliphatic heterocycles. The van der Waals surface area contributed by atoms with Crippen molar-refractivity contribution in [1.82, 2.24) is 15.3 Å². The van der Waals surface area contributed by atoms with Crippen LogP contribution in [0.25, 0.3) is 0 Å². The van der Waals surface area contributed by atoms with E-state index in [0.29, 0.717) is 38.6 Å². The van der Waals surface area contributed by atoms with E-state index in [9.17, 15) is 33.9 Å². The SMILES string of the molecule is CCCC[C@H](CC(=O)[C@@H](N)Cc1cnc[nH]1)C(=O)C[C@@H](CCCCNC(=O)CCCCCCCCCCCCCCCCC(=O)O)C(=O)C[C@@H](CO)C(N)=O. The van der Waals surface area contributed by atoms with E-state index < -0.39 is 42.3 Å². The van der Waals surface area contributed by atoms with Gasteiger partial charge in [-0.3, -0.25) is 28.8 Å². The molecule has 13 nitrogen and oxygen atoms in total. The number of hydrogen-bond donors (Lipinski definition) is 6. The highest BCUT2D eigenvalue weighted by Gasteiger charge is 2.31. The Bertz CT molecular complexity index is 1220. The molecule has 55 heavy (non-hydrogen) atoms. The Labute approximate surface area is 329 Å². The van der Waals surface area contributed by atoms with Crippen LogP contribution >= 0.6 is 0 Å². The van der Waals surface area contributed by atoms with E-state index in [1.54, 1.807) is 6.20 Å². The summed E-state index contributed by atoms with van der Waals surface area (Å²) in [6.45, 7) is 1.90. The second-order valence-corrected chi connectivity index (χ2v) is 15.4. The van der Waals surface area contributed by atoms with Crippen LogP contribution in [0.15, 0.2) is 12.5 Å².